The van der Waals surface area contributed by atoms with Crippen molar-refractivity contribution in [1.29, 1.82) is 0 Å². The molecule has 2 fully saturated rings. The highest BCUT2D eigenvalue weighted by Gasteiger charge is 2.56. The Bertz CT molecular complexity index is 687. The maximum absolute atomic E-state index is 11.1. The number of carbonyl (C=O) groups excluding carboxylic acids is 1. The number of primary amides is 1. The van der Waals surface area contributed by atoms with E-state index < -0.39 is 43.8 Å². The molecule has 4 unspecified atom stereocenters. The minimum Gasteiger partial charge on any atom is -0.363 e. The molecule has 2 saturated heterocycles. The molecule has 0 saturated carbocycles. The lowest BCUT2D eigenvalue weighted by Crippen LogP contribution is -2.30. The van der Waals surface area contributed by atoms with Gasteiger partial charge in [0.1, 0.15) is 18.5 Å². The number of rotatable bonds is 5. The number of hydrogen-bond acceptors (Lipinski definition) is 7. The summed E-state index contributed by atoms with van der Waals surface area (Å²) in [5.74, 6) is -1.80. The summed E-state index contributed by atoms with van der Waals surface area (Å²) in [6.45, 7) is 3.47. The van der Waals surface area contributed by atoms with E-state index >= 15 is 0 Å². The molecule has 1 aromatic rings. The van der Waals surface area contributed by atoms with Gasteiger partial charge in [-0.1, -0.05) is 0 Å². The van der Waals surface area contributed by atoms with Gasteiger partial charge in [-0.2, -0.15) is 0 Å². The van der Waals surface area contributed by atoms with Crippen LogP contribution in [-0.2, 0) is 18.8 Å². The van der Waals surface area contributed by atoms with Crippen LogP contribution in [0.25, 0.3) is 0 Å². The Balaban J connectivity index is 1.82. The Hall–Kier alpha value is -1.36. The summed E-state index contributed by atoms with van der Waals surface area (Å²) in [4.78, 5) is 33.1. The summed E-state index contributed by atoms with van der Waals surface area (Å²) in [7, 11) is -4.16. The highest BCUT2D eigenvalue weighted by molar-refractivity contribution is 7.51. The molecule has 1 aromatic heterocycles. The van der Waals surface area contributed by atoms with E-state index in [9.17, 15) is 9.36 Å². The van der Waals surface area contributed by atoms with Crippen LogP contribution in [0, 0.1) is 0 Å². The Morgan fingerprint density at radius 2 is 2.08 bits per heavy atom. The van der Waals surface area contributed by atoms with Crippen LogP contribution in [0.1, 0.15) is 37.1 Å². The van der Waals surface area contributed by atoms with Gasteiger partial charge in [0.25, 0.3) is 5.91 Å². The number of carbonyl (C=O) groups is 1. The molecule has 3 heterocycles. The summed E-state index contributed by atoms with van der Waals surface area (Å²) in [5, 5.41) is 3.96. The number of hydrogen-bond donors (Lipinski definition) is 3. The Morgan fingerprint density at radius 1 is 1.42 bits per heavy atom. The zero-order chi connectivity index (χ0) is 17.7. The lowest BCUT2D eigenvalue weighted by atomic mass is 10.1. The number of ether oxygens (including phenoxy) is 3. The van der Waals surface area contributed by atoms with Crippen LogP contribution in [0.5, 0.6) is 0 Å². The Labute approximate surface area is 137 Å². The van der Waals surface area contributed by atoms with E-state index in [4.69, 9.17) is 29.7 Å². The Morgan fingerprint density at radius 3 is 2.67 bits per heavy atom. The average molecular weight is 362 g/mol. The number of nitrogens with zero attached hydrogens (tertiary/aromatic N) is 3. The second kappa shape index (κ2) is 5.87. The monoisotopic (exact) mass is 362 g/mol. The van der Waals surface area contributed by atoms with Crippen LogP contribution in [0.3, 0.4) is 0 Å². The average Bonchev–Trinajstić information content (AvgIpc) is 3.08. The highest BCUT2D eigenvalue weighted by Crippen LogP contribution is 2.45. The van der Waals surface area contributed by atoms with Gasteiger partial charge in [-0.25, -0.2) is 9.67 Å². The van der Waals surface area contributed by atoms with Crippen LogP contribution in [0.2, 0.25) is 0 Å². The van der Waals surface area contributed by atoms with E-state index in [2.05, 4.69) is 10.1 Å². The first kappa shape index (κ1) is 17.5. The molecule has 4 atom stereocenters. The number of fused-ring (bicyclic) bond motifs is 1. The van der Waals surface area contributed by atoms with Crippen LogP contribution in [0.4, 0.5) is 0 Å². The normalized spacial score (nSPS) is 32.0. The summed E-state index contributed by atoms with van der Waals surface area (Å²) in [6, 6.07) is 0. The van der Waals surface area contributed by atoms with Crippen molar-refractivity contribution in [2.45, 2.75) is 50.6 Å². The molecule has 1 amide bonds. The van der Waals surface area contributed by atoms with Crippen molar-refractivity contribution in [2.75, 3.05) is 6.16 Å². The third-order valence-corrected chi connectivity index (χ3v) is 4.66. The van der Waals surface area contributed by atoms with Gasteiger partial charge in [0.2, 0.25) is 5.82 Å². The minimum absolute atomic E-state index is 0.0960. The molecule has 0 spiro atoms. The van der Waals surface area contributed by atoms with Gasteiger partial charge in [0.05, 0.1) is 12.3 Å². The fourth-order valence-electron chi connectivity index (χ4n) is 2.91. The molecule has 4 N–H and O–H groups in total. The van der Waals surface area contributed by atoms with Crippen LogP contribution >= 0.6 is 7.60 Å². The summed E-state index contributed by atoms with van der Waals surface area (Å²) in [6.07, 6.45) is -1.33. The van der Waals surface area contributed by atoms with Gasteiger partial charge in [-0.15, -0.1) is 5.10 Å². The van der Waals surface area contributed by atoms with Crippen molar-refractivity contribution >= 4 is 13.5 Å². The van der Waals surface area contributed by atoms with Crippen LogP contribution < -0.4 is 5.73 Å². The quantitative estimate of drug-likeness (QED) is 0.579. The number of nitrogens with two attached hydrogens (primary N) is 1. The number of amides is 1. The van der Waals surface area contributed by atoms with E-state index in [1.54, 1.807) is 13.8 Å². The SMILES string of the molecule is CC1(C)OC2C(CCP(=O)(O)O)OC(n3cnc(C(N)=O)n3)C2O1. The van der Waals surface area contributed by atoms with Crippen molar-refractivity contribution in [2.24, 2.45) is 5.73 Å². The maximum Gasteiger partial charge on any atom is 0.325 e. The minimum atomic E-state index is -4.16. The molecular weight excluding hydrogens is 343 g/mol. The first-order valence-electron chi connectivity index (χ1n) is 7.32. The standard InChI is InChI=1S/C12H19N4O7P/c1-12(2)22-7-6(3-4-24(18,19)20)21-11(8(7)23-12)16-5-14-10(15-16)9(13)17/h5-8,11H,3-4H2,1-2H3,(H2,13,17)(H2,18,19,20). The third-order valence-electron chi connectivity index (χ3n) is 3.82. The summed E-state index contributed by atoms with van der Waals surface area (Å²) in [5.41, 5.74) is 5.14. The molecule has 2 aliphatic heterocycles. The van der Waals surface area contributed by atoms with E-state index in [0.29, 0.717) is 0 Å². The largest absolute Gasteiger partial charge is 0.363 e. The summed E-state index contributed by atoms with van der Waals surface area (Å²) >= 11 is 0. The molecule has 11 nitrogen and oxygen atoms in total. The van der Waals surface area contributed by atoms with E-state index in [-0.39, 0.29) is 18.4 Å². The van der Waals surface area contributed by atoms with E-state index in [0.717, 1.165) is 0 Å². The maximum atomic E-state index is 11.1. The van der Waals surface area contributed by atoms with Crippen molar-refractivity contribution < 1.29 is 33.4 Å². The molecule has 0 radical (unpaired) electrons. The van der Waals surface area contributed by atoms with Crippen molar-refractivity contribution in [3.8, 4) is 0 Å². The van der Waals surface area contributed by atoms with Crippen molar-refractivity contribution in [3.05, 3.63) is 12.2 Å². The second-order valence-corrected chi connectivity index (χ2v) is 8.00. The van der Waals surface area contributed by atoms with Crippen molar-refractivity contribution in [3.63, 3.8) is 0 Å². The molecule has 134 valence electrons. The lowest BCUT2D eigenvalue weighted by Gasteiger charge is -2.24. The second-order valence-electron chi connectivity index (χ2n) is 6.22. The molecular formula is C12H19N4O7P. The fraction of sp³-hybridized carbons (Fsp3) is 0.750. The molecule has 24 heavy (non-hydrogen) atoms. The van der Waals surface area contributed by atoms with Crippen LogP contribution in [0.15, 0.2) is 6.33 Å². The first-order valence-corrected chi connectivity index (χ1v) is 9.12. The predicted molar refractivity (Wildman–Crippen MR) is 77.8 cm³/mol. The van der Waals surface area contributed by atoms with Gasteiger partial charge in [0.15, 0.2) is 12.0 Å². The zero-order valence-corrected chi connectivity index (χ0v) is 14.0. The van der Waals surface area contributed by atoms with E-state index in [1.165, 1.54) is 11.0 Å². The van der Waals surface area contributed by atoms with Gasteiger partial charge in [-0.3, -0.25) is 9.36 Å². The third kappa shape index (κ3) is 3.51. The first-order chi connectivity index (χ1) is 11.1. The van der Waals surface area contributed by atoms with Gasteiger partial charge in [-0.05, 0) is 20.3 Å². The lowest BCUT2D eigenvalue weighted by molar-refractivity contribution is -0.198. The smallest absolute Gasteiger partial charge is 0.325 e. The van der Waals surface area contributed by atoms with Crippen LogP contribution in [-0.4, -0.2) is 60.7 Å². The van der Waals surface area contributed by atoms with Gasteiger partial charge >= 0.3 is 7.60 Å². The zero-order valence-electron chi connectivity index (χ0n) is 13.1. The molecule has 0 aliphatic carbocycles. The van der Waals surface area contributed by atoms with Gasteiger partial charge < -0.3 is 29.7 Å². The predicted octanol–water partition coefficient (Wildman–Crippen LogP) is -0.638. The van der Waals surface area contributed by atoms with Gasteiger partial charge in [0, 0.05) is 0 Å². The fourth-order valence-corrected chi connectivity index (χ4v) is 3.50. The molecule has 0 bridgehead atoms. The number of aromatic nitrogens is 3. The topological polar surface area (TPSA) is 159 Å². The highest BCUT2D eigenvalue weighted by atomic mass is 31.2. The van der Waals surface area contributed by atoms with Crippen molar-refractivity contribution in [1.82, 2.24) is 14.8 Å². The summed E-state index contributed by atoms with van der Waals surface area (Å²) < 4.78 is 29.9. The molecule has 2 aliphatic rings. The molecule has 0 aromatic carbocycles. The molecule has 12 heteroatoms. The Kier molecular flexibility index (Phi) is 4.27. The molecule has 3 rings (SSSR count). The van der Waals surface area contributed by atoms with E-state index in [1.807, 2.05) is 0 Å².